The average Bonchev–Trinajstić information content (AvgIpc) is 3.11. The topological polar surface area (TPSA) is 18.5 Å². The average molecular weight is 547 g/mol. The van der Waals surface area contributed by atoms with Crippen LogP contribution in [0.15, 0.2) is 11.6 Å². The van der Waals surface area contributed by atoms with Crippen molar-refractivity contribution in [1.82, 2.24) is 0 Å². The van der Waals surface area contributed by atoms with Crippen molar-refractivity contribution in [3.8, 4) is 0 Å². The summed E-state index contributed by atoms with van der Waals surface area (Å²) in [6.45, 7) is 26.9. The number of hydrogen-bond acceptors (Lipinski definition) is 2. The smallest absolute Gasteiger partial charge is 0.184 e. The van der Waals surface area contributed by atoms with Gasteiger partial charge in [-0.05, 0) is 150 Å². The Hall–Kier alpha value is 0.0938. The van der Waals surface area contributed by atoms with E-state index in [0.29, 0.717) is 29.0 Å². The van der Waals surface area contributed by atoms with Crippen LogP contribution in [0.1, 0.15) is 98.8 Å². The van der Waals surface area contributed by atoms with E-state index in [1.54, 1.807) is 5.57 Å². The Morgan fingerprint density at radius 3 is 2.19 bits per heavy atom. The number of hydrogen-bond donors (Lipinski definition) is 0. The third-order valence-electron chi connectivity index (χ3n) is 11.4. The second-order valence-electron chi connectivity index (χ2n) is 16.7. The van der Waals surface area contributed by atoms with Gasteiger partial charge in [-0.3, -0.25) is 0 Å². The van der Waals surface area contributed by atoms with Gasteiger partial charge in [-0.2, -0.15) is 0 Å². The van der Waals surface area contributed by atoms with E-state index in [1.807, 2.05) is 0 Å². The third kappa shape index (κ3) is 6.38. The van der Waals surface area contributed by atoms with Crippen LogP contribution in [0.2, 0.25) is 39.3 Å². The van der Waals surface area contributed by atoms with Gasteiger partial charge in [0.25, 0.3) is 0 Å². The van der Waals surface area contributed by atoms with Crippen LogP contribution in [-0.2, 0) is 8.85 Å². The van der Waals surface area contributed by atoms with Crippen molar-refractivity contribution in [2.45, 2.75) is 150 Å². The molecule has 0 amide bonds. The first kappa shape index (κ1) is 30.1. The van der Waals surface area contributed by atoms with Crippen LogP contribution in [0.4, 0.5) is 0 Å². The van der Waals surface area contributed by atoms with E-state index in [1.165, 1.54) is 64.2 Å². The molecule has 0 bridgehead atoms. The largest absolute Gasteiger partial charge is 0.414 e. The van der Waals surface area contributed by atoms with Crippen molar-refractivity contribution in [1.29, 1.82) is 0 Å². The van der Waals surface area contributed by atoms with Crippen molar-refractivity contribution in [3.63, 3.8) is 0 Å². The van der Waals surface area contributed by atoms with Gasteiger partial charge in [0.2, 0.25) is 0 Å². The van der Waals surface area contributed by atoms with E-state index in [9.17, 15) is 0 Å². The molecule has 37 heavy (non-hydrogen) atoms. The summed E-state index contributed by atoms with van der Waals surface area (Å²) >= 11 is 0. The fourth-order valence-corrected chi connectivity index (χ4v) is 12.2. The molecule has 8 unspecified atom stereocenters. The minimum Gasteiger partial charge on any atom is -0.414 e. The van der Waals surface area contributed by atoms with Crippen LogP contribution in [0.25, 0.3) is 0 Å². The van der Waals surface area contributed by atoms with Gasteiger partial charge in [0.05, 0.1) is 0 Å². The minimum atomic E-state index is -1.57. The van der Waals surface area contributed by atoms with Crippen molar-refractivity contribution in [2.24, 2.45) is 46.3 Å². The predicted octanol–water partition coefficient (Wildman–Crippen LogP) is 10.1. The monoisotopic (exact) mass is 546 g/mol. The van der Waals surface area contributed by atoms with Gasteiger partial charge in [0.15, 0.2) is 16.6 Å². The molecular formula is C33H62O2Si2. The summed E-state index contributed by atoms with van der Waals surface area (Å²) in [6, 6.07) is 0. The molecule has 0 spiro atoms. The Morgan fingerprint density at radius 2 is 1.57 bits per heavy atom. The maximum Gasteiger partial charge on any atom is 0.184 e. The first-order valence-electron chi connectivity index (χ1n) is 16.1. The van der Waals surface area contributed by atoms with Crippen molar-refractivity contribution < 1.29 is 8.85 Å². The lowest BCUT2D eigenvalue weighted by Gasteiger charge is -2.59. The Labute approximate surface area is 233 Å². The second-order valence-corrected chi connectivity index (χ2v) is 25.6. The van der Waals surface area contributed by atoms with Gasteiger partial charge in [-0.15, -0.1) is 0 Å². The second kappa shape index (κ2) is 10.8. The molecule has 0 aliphatic heterocycles. The van der Waals surface area contributed by atoms with Gasteiger partial charge in [-0.25, -0.2) is 0 Å². The molecule has 9 atom stereocenters. The van der Waals surface area contributed by atoms with Gasteiger partial charge in [0, 0.05) is 12.2 Å². The predicted molar refractivity (Wildman–Crippen MR) is 165 cm³/mol. The summed E-state index contributed by atoms with van der Waals surface area (Å²) in [6.07, 6.45) is 17.1. The van der Waals surface area contributed by atoms with E-state index >= 15 is 0 Å². The highest BCUT2D eigenvalue weighted by atomic mass is 28.4. The van der Waals surface area contributed by atoms with Gasteiger partial charge in [-0.1, -0.05) is 46.3 Å². The molecule has 0 aromatic rings. The van der Waals surface area contributed by atoms with E-state index < -0.39 is 16.6 Å². The lowest BCUT2D eigenvalue weighted by molar-refractivity contribution is -0.0657. The molecule has 0 radical (unpaired) electrons. The molecule has 0 N–H and O–H groups in total. The molecular weight excluding hydrogens is 485 g/mol. The summed E-state index contributed by atoms with van der Waals surface area (Å²) in [4.78, 5) is 0. The molecule has 0 saturated heterocycles. The summed E-state index contributed by atoms with van der Waals surface area (Å²) in [5.41, 5.74) is 2.69. The summed E-state index contributed by atoms with van der Waals surface area (Å²) in [5, 5.41) is 0. The minimum absolute atomic E-state index is 0.425. The molecule has 3 fully saturated rings. The normalized spacial score (nSPS) is 40.0. The fraction of sp³-hybridized carbons (Fsp3) is 0.939. The highest BCUT2D eigenvalue weighted by Gasteiger charge is 2.59. The summed E-state index contributed by atoms with van der Waals surface area (Å²) < 4.78 is 13.6. The van der Waals surface area contributed by atoms with Gasteiger partial charge < -0.3 is 8.85 Å². The number of fused-ring (bicyclic) bond motifs is 5. The molecule has 4 rings (SSSR count). The molecule has 4 aliphatic carbocycles. The van der Waals surface area contributed by atoms with Crippen LogP contribution in [0, 0.1) is 46.3 Å². The fourth-order valence-electron chi connectivity index (χ4n) is 9.77. The maximum atomic E-state index is 6.95. The standard InChI is InChI=1S/C33H62O2Si2/c1-23(2)12-17-31(35-37(9,10)11)24(3)28-15-16-29-27-14-13-25-22-26(34-36(6,7)8)18-20-32(25,4)30(27)19-21-33(28,29)5/h13,23-24,26-31H,12,14-22H2,1-11H3/t24-,26?,27?,28?,29?,30?,31?,32?,33?/m1/s1. The quantitative estimate of drug-likeness (QED) is 0.211. The first-order valence-corrected chi connectivity index (χ1v) is 22.9. The molecule has 0 aromatic carbocycles. The Bertz CT molecular complexity index is 823. The molecule has 4 aliphatic rings. The van der Waals surface area contributed by atoms with Crippen molar-refractivity contribution >= 4 is 16.6 Å². The Morgan fingerprint density at radius 1 is 0.865 bits per heavy atom. The van der Waals surface area contributed by atoms with E-state index in [-0.39, 0.29) is 0 Å². The van der Waals surface area contributed by atoms with E-state index in [0.717, 1.165) is 29.6 Å². The molecule has 0 aromatic heterocycles. The van der Waals surface area contributed by atoms with Crippen molar-refractivity contribution in [3.05, 3.63) is 11.6 Å². The molecule has 214 valence electrons. The number of allylic oxidation sites excluding steroid dienone is 1. The number of rotatable bonds is 9. The van der Waals surface area contributed by atoms with E-state index in [2.05, 4.69) is 80.0 Å². The summed E-state index contributed by atoms with van der Waals surface area (Å²) in [7, 11) is -3.05. The SMILES string of the molecule is CC(C)CCC(O[Si](C)(C)C)[C@H](C)C1CCC2C3CC=C4CC(O[Si](C)(C)C)CCC4(C)C3CCC21C. The lowest BCUT2D eigenvalue weighted by Crippen LogP contribution is -2.52. The van der Waals surface area contributed by atoms with Gasteiger partial charge in [0.1, 0.15) is 0 Å². The van der Waals surface area contributed by atoms with Crippen LogP contribution in [0.3, 0.4) is 0 Å². The first-order chi connectivity index (χ1) is 17.0. The molecule has 4 heteroatoms. The van der Waals surface area contributed by atoms with Crippen LogP contribution in [-0.4, -0.2) is 28.8 Å². The third-order valence-corrected chi connectivity index (χ3v) is 13.5. The van der Waals surface area contributed by atoms with Crippen LogP contribution >= 0.6 is 0 Å². The highest BCUT2D eigenvalue weighted by Crippen LogP contribution is 2.67. The van der Waals surface area contributed by atoms with Gasteiger partial charge >= 0.3 is 0 Å². The molecule has 2 nitrogen and oxygen atoms in total. The summed E-state index contributed by atoms with van der Waals surface area (Å²) in [5.74, 6) is 4.95. The zero-order valence-electron chi connectivity index (χ0n) is 26.6. The molecule has 0 heterocycles. The van der Waals surface area contributed by atoms with E-state index in [4.69, 9.17) is 8.85 Å². The van der Waals surface area contributed by atoms with Crippen LogP contribution in [0.5, 0.6) is 0 Å². The maximum absolute atomic E-state index is 6.95. The zero-order chi connectivity index (χ0) is 27.4. The molecule has 3 saturated carbocycles. The van der Waals surface area contributed by atoms with Crippen molar-refractivity contribution in [2.75, 3.05) is 0 Å². The highest BCUT2D eigenvalue weighted by molar-refractivity contribution is 6.70. The van der Waals surface area contributed by atoms with Crippen LogP contribution < -0.4 is 0 Å². The Kier molecular flexibility index (Phi) is 8.79. The Balaban J connectivity index is 1.51. The zero-order valence-corrected chi connectivity index (χ0v) is 28.6. The lowest BCUT2D eigenvalue weighted by atomic mass is 9.47.